The Labute approximate surface area is 199 Å². The third-order valence-electron chi connectivity index (χ3n) is 5.52. The number of thioether (sulfide) groups is 1. The monoisotopic (exact) mass is 485 g/mol. The van der Waals surface area contributed by atoms with E-state index in [1.807, 2.05) is 0 Å². The Kier molecular flexibility index (Phi) is 6.94. The van der Waals surface area contributed by atoms with Crippen molar-refractivity contribution in [3.05, 3.63) is 46.1 Å². The van der Waals surface area contributed by atoms with E-state index >= 15 is 0 Å². The number of aryl methyl sites for hydroxylation is 1. The number of methoxy groups -OCH3 is 2. The van der Waals surface area contributed by atoms with Crippen LogP contribution in [0.15, 0.2) is 29.6 Å². The number of carbonyl (C=O) groups excluding carboxylic acids is 3. The van der Waals surface area contributed by atoms with Crippen LogP contribution in [0.4, 0.5) is 5.69 Å². The third kappa shape index (κ3) is 4.86. The molecule has 0 saturated carbocycles. The van der Waals surface area contributed by atoms with E-state index in [0.29, 0.717) is 5.92 Å². The second kappa shape index (κ2) is 9.88. The van der Waals surface area contributed by atoms with Crippen LogP contribution in [-0.2, 0) is 27.1 Å². The first-order chi connectivity index (χ1) is 15.9. The quantitative estimate of drug-likeness (QED) is 0.316. The maximum atomic E-state index is 12.8. The van der Waals surface area contributed by atoms with Gasteiger partial charge in [-0.1, -0.05) is 18.7 Å². The molecular formula is C23H23N3O5S2. The first-order valence-electron chi connectivity index (χ1n) is 10.4. The van der Waals surface area contributed by atoms with Crippen LogP contribution in [0.5, 0.6) is 0 Å². The number of thiophene rings is 1. The number of carbonyl (C=O) groups is 3. The van der Waals surface area contributed by atoms with Crippen LogP contribution in [0, 0.1) is 5.92 Å². The average Bonchev–Trinajstić information content (AvgIpc) is 3.19. The number of nitrogens with zero attached hydrogens (tertiary/aromatic N) is 2. The molecule has 0 unspecified atom stereocenters. The molecule has 1 amide bonds. The Morgan fingerprint density at radius 1 is 1.18 bits per heavy atom. The number of rotatable bonds is 6. The highest BCUT2D eigenvalue weighted by atomic mass is 32.2. The van der Waals surface area contributed by atoms with E-state index in [1.165, 1.54) is 60.9 Å². The number of anilines is 1. The maximum Gasteiger partial charge on any atom is 0.339 e. The van der Waals surface area contributed by atoms with Crippen LogP contribution in [-0.4, -0.2) is 47.8 Å². The normalized spacial score (nSPS) is 15.1. The number of benzene rings is 1. The van der Waals surface area contributed by atoms with Crippen LogP contribution in [0.3, 0.4) is 0 Å². The summed E-state index contributed by atoms with van der Waals surface area (Å²) in [5, 5.41) is 4.54. The lowest BCUT2D eigenvalue weighted by atomic mass is 9.89. The fourth-order valence-electron chi connectivity index (χ4n) is 3.86. The van der Waals surface area contributed by atoms with Crippen molar-refractivity contribution in [3.8, 4) is 0 Å². The predicted octanol–water partition coefficient (Wildman–Crippen LogP) is 4.12. The predicted molar refractivity (Wildman–Crippen MR) is 127 cm³/mol. The lowest BCUT2D eigenvalue weighted by Crippen LogP contribution is -2.18. The van der Waals surface area contributed by atoms with Crippen LogP contribution in [0.2, 0.25) is 0 Å². The second-order valence-electron chi connectivity index (χ2n) is 7.79. The van der Waals surface area contributed by atoms with Gasteiger partial charge in [0, 0.05) is 10.3 Å². The standard InChI is InChI=1S/C23H23N3O5S2/c1-12-4-6-15-17(8-12)33-21-19(15)20(24-11-25-21)32-10-18(27)26-16-9-13(22(28)30-2)5-7-14(16)23(29)31-3/h5,7,9,11-12H,4,6,8,10H2,1-3H3,(H,26,27)/t12-/m1/s1. The van der Waals surface area contributed by atoms with Gasteiger partial charge < -0.3 is 14.8 Å². The molecule has 0 spiro atoms. The summed E-state index contributed by atoms with van der Waals surface area (Å²) in [5.74, 6) is -0.792. The minimum Gasteiger partial charge on any atom is -0.465 e. The van der Waals surface area contributed by atoms with Crippen LogP contribution >= 0.6 is 23.1 Å². The molecule has 0 saturated heterocycles. The van der Waals surface area contributed by atoms with E-state index < -0.39 is 11.9 Å². The van der Waals surface area contributed by atoms with Crippen LogP contribution in [0.1, 0.15) is 44.5 Å². The van der Waals surface area contributed by atoms with Gasteiger partial charge in [-0.25, -0.2) is 19.6 Å². The molecule has 1 aromatic carbocycles. The van der Waals surface area contributed by atoms with Crippen molar-refractivity contribution in [3.63, 3.8) is 0 Å². The average molecular weight is 486 g/mol. The highest BCUT2D eigenvalue weighted by Gasteiger charge is 2.24. The molecule has 0 radical (unpaired) electrons. The third-order valence-corrected chi connectivity index (χ3v) is 7.67. The Morgan fingerprint density at radius 3 is 2.73 bits per heavy atom. The fourth-order valence-corrected chi connectivity index (χ4v) is 6.10. The van der Waals surface area contributed by atoms with Crippen molar-refractivity contribution in [1.29, 1.82) is 0 Å². The SMILES string of the molecule is COC(=O)c1ccc(C(=O)OC)c(NC(=O)CSc2ncnc3sc4c(c23)CC[C@@H](C)C4)c1. The molecule has 0 aliphatic heterocycles. The molecule has 33 heavy (non-hydrogen) atoms. The minimum atomic E-state index is -0.619. The first kappa shape index (κ1) is 23.2. The first-order valence-corrected chi connectivity index (χ1v) is 12.2. The van der Waals surface area contributed by atoms with Gasteiger partial charge in [0.2, 0.25) is 5.91 Å². The number of ether oxygens (including phenoxy) is 2. The van der Waals surface area contributed by atoms with Crippen molar-refractivity contribution in [2.24, 2.45) is 5.92 Å². The molecule has 2 heterocycles. The molecule has 1 aliphatic rings. The molecule has 0 bridgehead atoms. The molecule has 0 fully saturated rings. The van der Waals surface area contributed by atoms with Gasteiger partial charge in [-0.3, -0.25) is 4.79 Å². The highest BCUT2D eigenvalue weighted by Crippen LogP contribution is 2.40. The number of esters is 2. The van der Waals surface area contributed by atoms with Gasteiger partial charge >= 0.3 is 11.9 Å². The molecule has 172 valence electrons. The lowest BCUT2D eigenvalue weighted by Gasteiger charge is -2.18. The Hall–Kier alpha value is -2.98. The molecule has 1 N–H and O–H groups in total. The van der Waals surface area contributed by atoms with Crippen molar-refractivity contribution in [1.82, 2.24) is 9.97 Å². The van der Waals surface area contributed by atoms with Gasteiger partial charge in [0.05, 0.1) is 36.8 Å². The number of fused-ring (bicyclic) bond motifs is 3. The molecular weight excluding hydrogens is 462 g/mol. The van der Waals surface area contributed by atoms with Crippen molar-refractivity contribution in [2.45, 2.75) is 31.2 Å². The Morgan fingerprint density at radius 2 is 1.97 bits per heavy atom. The summed E-state index contributed by atoms with van der Waals surface area (Å²) in [6.45, 7) is 2.26. The van der Waals surface area contributed by atoms with Crippen LogP contribution in [0.25, 0.3) is 10.2 Å². The lowest BCUT2D eigenvalue weighted by molar-refractivity contribution is -0.113. The topological polar surface area (TPSA) is 107 Å². The molecule has 1 atom stereocenters. The van der Waals surface area contributed by atoms with Crippen molar-refractivity contribution >= 4 is 56.8 Å². The van der Waals surface area contributed by atoms with Gasteiger partial charge in [0.25, 0.3) is 0 Å². The molecule has 2 aromatic heterocycles. The second-order valence-corrected chi connectivity index (χ2v) is 9.84. The van der Waals surface area contributed by atoms with E-state index in [1.54, 1.807) is 11.3 Å². The van der Waals surface area contributed by atoms with Crippen molar-refractivity contribution in [2.75, 3.05) is 25.3 Å². The number of nitrogens with one attached hydrogen (secondary N) is 1. The van der Waals surface area contributed by atoms with Crippen molar-refractivity contribution < 1.29 is 23.9 Å². The number of amides is 1. The molecule has 8 nitrogen and oxygen atoms in total. The Balaban J connectivity index is 1.54. The summed E-state index contributed by atoms with van der Waals surface area (Å²) in [6, 6.07) is 4.27. The Bertz CT molecular complexity index is 1240. The zero-order valence-corrected chi connectivity index (χ0v) is 20.1. The smallest absolute Gasteiger partial charge is 0.339 e. The minimum absolute atomic E-state index is 0.0796. The summed E-state index contributed by atoms with van der Waals surface area (Å²) < 4.78 is 9.52. The summed E-state index contributed by atoms with van der Waals surface area (Å²) in [4.78, 5) is 47.9. The van der Waals surface area contributed by atoms with Crippen LogP contribution < -0.4 is 5.32 Å². The fraction of sp³-hybridized carbons (Fsp3) is 0.348. The number of aromatic nitrogens is 2. The summed E-state index contributed by atoms with van der Waals surface area (Å²) in [6.07, 6.45) is 4.70. The summed E-state index contributed by atoms with van der Waals surface area (Å²) in [5.41, 5.74) is 1.85. The molecule has 1 aliphatic carbocycles. The van der Waals surface area contributed by atoms with E-state index in [0.717, 1.165) is 34.5 Å². The van der Waals surface area contributed by atoms with E-state index in [-0.39, 0.29) is 28.5 Å². The largest absolute Gasteiger partial charge is 0.465 e. The van der Waals surface area contributed by atoms with Gasteiger partial charge in [-0.15, -0.1) is 11.3 Å². The van der Waals surface area contributed by atoms with Gasteiger partial charge in [0.1, 0.15) is 16.2 Å². The van der Waals surface area contributed by atoms with E-state index in [2.05, 4.69) is 22.2 Å². The van der Waals surface area contributed by atoms with Gasteiger partial charge in [-0.05, 0) is 48.9 Å². The molecule has 4 rings (SSSR count). The molecule has 10 heteroatoms. The van der Waals surface area contributed by atoms with Gasteiger partial charge in [0.15, 0.2) is 0 Å². The molecule has 3 aromatic rings. The highest BCUT2D eigenvalue weighted by molar-refractivity contribution is 8.00. The number of hydrogen-bond donors (Lipinski definition) is 1. The number of hydrogen-bond acceptors (Lipinski definition) is 9. The summed E-state index contributed by atoms with van der Waals surface area (Å²) in [7, 11) is 2.51. The van der Waals surface area contributed by atoms with Gasteiger partial charge in [-0.2, -0.15) is 0 Å². The van der Waals surface area contributed by atoms with E-state index in [9.17, 15) is 14.4 Å². The zero-order chi connectivity index (χ0) is 23.5. The zero-order valence-electron chi connectivity index (χ0n) is 18.5. The van der Waals surface area contributed by atoms with E-state index in [4.69, 9.17) is 9.47 Å². The maximum absolute atomic E-state index is 12.8. The summed E-state index contributed by atoms with van der Waals surface area (Å²) >= 11 is 3.03.